The van der Waals surface area contributed by atoms with Gasteiger partial charge in [0.1, 0.15) is 11.6 Å². The van der Waals surface area contributed by atoms with Crippen molar-refractivity contribution < 1.29 is 9.13 Å². The summed E-state index contributed by atoms with van der Waals surface area (Å²) in [5.74, 6) is 0.521. The van der Waals surface area contributed by atoms with Crippen molar-refractivity contribution in [3.63, 3.8) is 0 Å². The molecule has 0 radical (unpaired) electrons. The van der Waals surface area contributed by atoms with Crippen LogP contribution >= 0.6 is 11.3 Å². The molecular weight excluding hydrogens is 391 g/mol. The maximum Gasteiger partial charge on any atom is 0.190 e. The van der Waals surface area contributed by atoms with Crippen molar-refractivity contribution in [2.45, 2.75) is 5.60 Å². The number of ether oxygens (including phenoxy) is 1. The second-order valence-electron chi connectivity index (χ2n) is 7.50. The minimum atomic E-state index is -1.00. The molecule has 4 aromatic carbocycles. The lowest BCUT2D eigenvalue weighted by molar-refractivity contribution is 0.161. The van der Waals surface area contributed by atoms with Crippen LogP contribution in [-0.4, -0.2) is 0 Å². The predicted octanol–water partition coefficient (Wildman–Crippen LogP) is 7.54. The van der Waals surface area contributed by atoms with Crippen LogP contribution in [0.15, 0.2) is 96.4 Å². The van der Waals surface area contributed by atoms with Crippen LogP contribution < -0.4 is 4.74 Å². The lowest BCUT2D eigenvalue weighted by atomic mass is 9.86. The molecule has 0 spiro atoms. The average molecular weight is 408 g/mol. The van der Waals surface area contributed by atoms with Crippen molar-refractivity contribution >= 4 is 39.0 Å². The molecule has 1 aliphatic rings. The molecule has 0 fully saturated rings. The fourth-order valence-corrected chi connectivity index (χ4v) is 5.22. The number of halogens is 1. The van der Waals surface area contributed by atoms with Crippen molar-refractivity contribution in [3.05, 3.63) is 118 Å². The zero-order valence-corrected chi connectivity index (χ0v) is 16.8. The van der Waals surface area contributed by atoms with Gasteiger partial charge in [0.05, 0.1) is 4.88 Å². The van der Waals surface area contributed by atoms with E-state index < -0.39 is 5.60 Å². The van der Waals surface area contributed by atoms with Gasteiger partial charge in [-0.15, -0.1) is 11.3 Å². The van der Waals surface area contributed by atoms with Crippen molar-refractivity contribution in [2.24, 2.45) is 0 Å². The van der Waals surface area contributed by atoms with Gasteiger partial charge < -0.3 is 4.74 Å². The predicted molar refractivity (Wildman–Crippen MR) is 123 cm³/mol. The first kappa shape index (κ1) is 17.4. The number of fused-ring (bicyclic) bond motifs is 4. The molecule has 5 aromatic rings. The Morgan fingerprint density at radius 1 is 0.733 bits per heavy atom. The zero-order chi connectivity index (χ0) is 20.1. The quantitative estimate of drug-likeness (QED) is 0.293. The summed E-state index contributed by atoms with van der Waals surface area (Å²) >= 11 is 1.57. The Kier molecular flexibility index (Phi) is 3.80. The van der Waals surface area contributed by atoms with Gasteiger partial charge in [0.2, 0.25) is 0 Å². The summed E-state index contributed by atoms with van der Waals surface area (Å²) in [5, 5.41) is 5.77. The van der Waals surface area contributed by atoms with Gasteiger partial charge in [-0.1, -0.05) is 72.8 Å². The average Bonchev–Trinajstić information content (AvgIpc) is 3.35. The number of rotatable bonds is 2. The van der Waals surface area contributed by atoms with Crippen LogP contribution in [-0.2, 0) is 5.60 Å². The second kappa shape index (κ2) is 6.54. The van der Waals surface area contributed by atoms with Gasteiger partial charge in [-0.2, -0.15) is 0 Å². The zero-order valence-electron chi connectivity index (χ0n) is 16.0. The van der Waals surface area contributed by atoms with Crippen LogP contribution in [0.5, 0.6) is 5.75 Å². The largest absolute Gasteiger partial charge is 0.472 e. The smallest absolute Gasteiger partial charge is 0.190 e. The third-order valence-corrected chi connectivity index (χ3v) is 6.82. The van der Waals surface area contributed by atoms with Crippen LogP contribution in [0, 0.1) is 5.82 Å². The van der Waals surface area contributed by atoms with Crippen molar-refractivity contribution in [3.8, 4) is 5.75 Å². The fraction of sp³-hybridized carbons (Fsp3) is 0.0370. The van der Waals surface area contributed by atoms with Crippen LogP contribution in [0.1, 0.15) is 16.0 Å². The maximum atomic E-state index is 15.8. The molecule has 1 unspecified atom stereocenters. The number of hydrogen-bond donors (Lipinski definition) is 0. The molecule has 0 bridgehead atoms. The van der Waals surface area contributed by atoms with Crippen LogP contribution in [0.3, 0.4) is 0 Å². The van der Waals surface area contributed by atoms with Crippen molar-refractivity contribution in [1.82, 2.24) is 0 Å². The minimum absolute atomic E-state index is 0.240. The minimum Gasteiger partial charge on any atom is -0.472 e. The standard InChI is InChI=1S/C27H17FOS/c28-26-21-9-4-2-7-19(21)11-13-23(26)27(25-10-5-17-30-25)16-15-22-20-8-3-1-6-18(20)12-14-24(22)29-27/h1-17H. The first-order valence-corrected chi connectivity index (χ1v) is 10.8. The normalized spacial score (nSPS) is 17.8. The molecule has 0 saturated heterocycles. The summed E-state index contributed by atoms with van der Waals surface area (Å²) in [5.41, 5.74) is 0.553. The molecule has 1 aromatic heterocycles. The van der Waals surface area contributed by atoms with E-state index in [1.54, 1.807) is 11.3 Å². The molecule has 6 rings (SSSR count). The Morgan fingerprint density at radius 3 is 2.27 bits per heavy atom. The Hall–Kier alpha value is -3.43. The molecule has 0 amide bonds. The summed E-state index contributed by atoms with van der Waals surface area (Å²) in [6, 6.07) is 27.6. The van der Waals surface area contributed by atoms with E-state index in [0.717, 1.165) is 32.3 Å². The number of benzene rings is 4. The van der Waals surface area contributed by atoms with Gasteiger partial charge in [0, 0.05) is 16.5 Å². The maximum absolute atomic E-state index is 15.8. The van der Waals surface area contributed by atoms with Gasteiger partial charge in [-0.25, -0.2) is 4.39 Å². The lowest BCUT2D eigenvalue weighted by Gasteiger charge is -2.35. The molecule has 0 aliphatic carbocycles. The highest BCUT2D eigenvalue weighted by Gasteiger charge is 2.40. The molecule has 1 atom stereocenters. The summed E-state index contributed by atoms with van der Waals surface area (Å²) in [4.78, 5) is 0.951. The molecule has 144 valence electrons. The lowest BCUT2D eigenvalue weighted by Crippen LogP contribution is -2.34. The molecule has 2 heterocycles. The first-order valence-electron chi connectivity index (χ1n) is 9.88. The Bertz CT molecular complexity index is 1430. The molecular formula is C27H17FOS. The van der Waals surface area contributed by atoms with E-state index in [1.807, 2.05) is 78.2 Å². The van der Waals surface area contributed by atoms with E-state index in [-0.39, 0.29) is 5.82 Å². The SMILES string of the molecule is Fc1c(C2(c3cccs3)C=Cc3c(ccc4ccccc34)O2)ccc2ccccc12. The third-order valence-electron chi connectivity index (χ3n) is 5.84. The molecule has 30 heavy (non-hydrogen) atoms. The van der Waals surface area contributed by atoms with Gasteiger partial charge in [0.25, 0.3) is 0 Å². The number of thiophene rings is 1. The third kappa shape index (κ3) is 2.45. The second-order valence-corrected chi connectivity index (χ2v) is 8.44. The summed E-state index contributed by atoms with van der Waals surface area (Å²) in [7, 11) is 0. The highest BCUT2D eigenvalue weighted by Crippen LogP contribution is 2.46. The van der Waals surface area contributed by atoms with E-state index in [1.165, 1.54) is 0 Å². The van der Waals surface area contributed by atoms with Gasteiger partial charge >= 0.3 is 0 Å². The molecule has 1 aliphatic heterocycles. The van der Waals surface area contributed by atoms with E-state index in [9.17, 15) is 0 Å². The van der Waals surface area contributed by atoms with Crippen LogP contribution in [0.4, 0.5) is 4.39 Å². The van der Waals surface area contributed by atoms with Crippen LogP contribution in [0.2, 0.25) is 0 Å². The molecule has 0 saturated carbocycles. The van der Waals surface area contributed by atoms with Crippen LogP contribution in [0.25, 0.3) is 27.6 Å². The van der Waals surface area contributed by atoms with Gasteiger partial charge in [-0.3, -0.25) is 0 Å². The molecule has 0 N–H and O–H groups in total. The van der Waals surface area contributed by atoms with Crippen molar-refractivity contribution in [2.75, 3.05) is 0 Å². The summed E-state index contributed by atoms with van der Waals surface area (Å²) < 4.78 is 22.5. The first-order chi connectivity index (χ1) is 14.8. The Labute approximate surface area is 177 Å². The summed E-state index contributed by atoms with van der Waals surface area (Å²) in [6.07, 6.45) is 4.08. The van der Waals surface area contributed by atoms with E-state index in [2.05, 4.69) is 24.3 Å². The molecule has 3 heteroatoms. The fourth-order valence-electron chi connectivity index (χ4n) is 4.36. The Morgan fingerprint density at radius 2 is 1.47 bits per heavy atom. The summed E-state index contributed by atoms with van der Waals surface area (Å²) in [6.45, 7) is 0. The van der Waals surface area contributed by atoms with Gasteiger partial charge in [0.15, 0.2) is 5.60 Å². The number of hydrogen-bond acceptors (Lipinski definition) is 2. The highest BCUT2D eigenvalue weighted by atomic mass is 32.1. The van der Waals surface area contributed by atoms with E-state index in [0.29, 0.717) is 10.9 Å². The highest BCUT2D eigenvalue weighted by molar-refractivity contribution is 7.10. The Balaban J connectivity index is 1.62. The van der Waals surface area contributed by atoms with E-state index in [4.69, 9.17) is 4.74 Å². The van der Waals surface area contributed by atoms with E-state index >= 15 is 4.39 Å². The van der Waals surface area contributed by atoms with Crippen molar-refractivity contribution in [1.29, 1.82) is 0 Å². The van der Waals surface area contributed by atoms with Gasteiger partial charge in [-0.05, 0) is 45.8 Å². The monoisotopic (exact) mass is 408 g/mol. The molecule has 1 nitrogen and oxygen atoms in total. The topological polar surface area (TPSA) is 9.23 Å².